The Kier molecular flexibility index (Phi) is 5.95. The normalized spacial score (nSPS) is 20.6. The molecule has 2 rings (SSSR count). The number of nitrogens with two attached hydrogens (primary N) is 1. The van der Waals surface area contributed by atoms with Gasteiger partial charge in [0.1, 0.15) is 0 Å². The third-order valence-corrected chi connectivity index (χ3v) is 4.18. The molecule has 5 heteroatoms. The molecule has 5 nitrogen and oxygen atoms in total. The third kappa shape index (κ3) is 4.84. The molecule has 1 aromatic rings. The summed E-state index contributed by atoms with van der Waals surface area (Å²) in [5.74, 6) is 0.213. The first-order valence-corrected chi connectivity index (χ1v) is 7.93. The summed E-state index contributed by atoms with van der Waals surface area (Å²) in [6.07, 6.45) is 3.67. The van der Waals surface area contributed by atoms with E-state index in [0.29, 0.717) is 31.0 Å². The number of nitrogens with one attached hydrogen (secondary N) is 2. The van der Waals surface area contributed by atoms with Gasteiger partial charge in [-0.2, -0.15) is 0 Å². The van der Waals surface area contributed by atoms with Gasteiger partial charge < -0.3 is 16.4 Å². The molecule has 0 saturated heterocycles. The molecule has 0 aliphatic heterocycles. The lowest BCUT2D eigenvalue weighted by atomic mass is 10.00. The van der Waals surface area contributed by atoms with Gasteiger partial charge in [0, 0.05) is 31.1 Å². The highest BCUT2D eigenvalue weighted by atomic mass is 16.2. The lowest BCUT2D eigenvalue weighted by molar-refractivity contribution is -0.122. The van der Waals surface area contributed by atoms with Crippen molar-refractivity contribution in [1.29, 1.82) is 0 Å². The van der Waals surface area contributed by atoms with Crippen LogP contribution in [0.3, 0.4) is 0 Å². The summed E-state index contributed by atoms with van der Waals surface area (Å²) in [7, 11) is 0. The van der Waals surface area contributed by atoms with Crippen LogP contribution < -0.4 is 16.4 Å². The average Bonchev–Trinajstić information content (AvgIpc) is 2.88. The molecule has 120 valence electrons. The highest BCUT2D eigenvalue weighted by Crippen LogP contribution is 2.26. The van der Waals surface area contributed by atoms with Crippen LogP contribution in [-0.2, 0) is 4.79 Å². The van der Waals surface area contributed by atoms with Crippen LogP contribution in [0.15, 0.2) is 24.3 Å². The van der Waals surface area contributed by atoms with E-state index in [1.54, 1.807) is 6.07 Å². The number of hydrogen-bond donors (Lipinski definition) is 3. The number of rotatable bonds is 6. The van der Waals surface area contributed by atoms with Crippen molar-refractivity contribution in [2.45, 2.75) is 38.6 Å². The molecule has 0 bridgehead atoms. The van der Waals surface area contributed by atoms with Gasteiger partial charge in [0.25, 0.3) is 5.91 Å². The van der Waals surface area contributed by atoms with Crippen LogP contribution >= 0.6 is 0 Å². The molecule has 0 radical (unpaired) electrons. The predicted octanol–water partition coefficient (Wildman–Crippen LogP) is 1.36. The number of benzene rings is 1. The molecule has 1 aliphatic rings. The smallest absolute Gasteiger partial charge is 0.251 e. The maximum Gasteiger partial charge on any atom is 0.251 e. The Hall–Kier alpha value is -1.88. The second-order valence-corrected chi connectivity index (χ2v) is 6.03. The summed E-state index contributed by atoms with van der Waals surface area (Å²) in [4.78, 5) is 23.7. The van der Waals surface area contributed by atoms with Gasteiger partial charge in [0.15, 0.2) is 0 Å². The summed E-state index contributed by atoms with van der Waals surface area (Å²) < 4.78 is 0. The van der Waals surface area contributed by atoms with Crippen LogP contribution in [0.2, 0.25) is 0 Å². The molecule has 1 saturated carbocycles. The van der Waals surface area contributed by atoms with Gasteiger partial charge in [-0.15, -0.1) is 0 Å². The zero-order valence-corrected chi connectivity index (χ0v) is 13.1. The molecule has 0 unspecified atom stereocenters. The van der Waals surface area contributed by atoms with E-state index in [2.05, 4.69) is 10.6 Å². The standard InChI is InChI=1S/C17H25N3O2/c1-12-4-2-6-14(10-12)17(22)20-9-8-19-16(21)11-13-5-3-7-15(13)18/h2,4,6,10,13,15H,3,5,7-9,11,18H2,1H3,(H,19,21)(H,20,22)/t13-,15+/m0/s1. The van der Waals surface area contributed by atoms with Crippen molar-refractivity contribution < 1.29 is 9.59 Å². The fourth-order valence-corrected chi connectivity index (χ4v) is 2.90. The monoisotopic (exact) mass is 303 g/mol. The Bertz CT molecular complexity index is 530. The molecule has 2 atom stereocenters. The molecule has 0 spiro atoms. The second-order valence-electron chi connectivity index (χ2n) is 6.03. The molecule has 4 N–H and O–H groups in total. The van der Waals surface area contributed by atoms with Gasteiger partial charge in [-0.05, 0) is 37.8 Å². The molecule has 0 heterocycles. The Labute approximate surface area is 131 Å². The van der Waals surface area contributed by atoms with Gasteiger partial charge in [-0.1, -0.05) is 24.1 Å². The summed E-state index contributed by atoms with van der Waals surface area (Å²) in [5, 5.41) is 5.64. The van der Waals surface area contributed by atoms with Gasteiger partial charge in [0.2, 0.25) is 5.91 Å². The van der Waals surface area contributed by atoms with Crippen LogP contribution in [0.4, 0.5) is 0 Å². The fraction of sp³-hybridized carbons (Fsp3) is 0.529. The van der Waals surface area contributed by atoms with E-state index in [-0.39, 0.29) is 17.9 Å². The molecular weight excluding hydrogens is 278 g/mol. The quantitative estimate of drug-likeness (QED) is 0.694. The summed E-state index contributed by atoms with van der Waals surface area (Å²) in [6.45, 7) is 2.82. The Balaban J connectivity index is 1.64. The van der Waals surface area contributed by atoms with Crippen molar-refractivity contribution in [3.05, 3.63) is 35.4 Å². The molecule has 2 amide bonds. The van der Waals surface area contributed by atoms with Crippen molar-refractivity contribution in [3.63, 3.8) is 0 Å². The fourth-order valence-electron chi connectivity index (χ4n) is 2.90. The van der Waals surface area contributed by atoms with Crippen LogP contribution in [0.25, 0.3) is 0 Å². The SMILES string of the molecule is Cc1cccc(C(=O)NCCNC(=O)C[C@@H]2CCC[C@H]2N)c1. The Morgan fingerprint density at radius 3 is 2.68 bits per heavy atom. The Morgan fingerprint density at radius 2 is 2.00 bits per heavy atom. The second kappa shape index (κ2) is 7.94. The van der Waals surface area contributed by atoms with E-state index in [4.69, 9.17) is 5.73 Å². The molecule has 1 fully saturated rings. The van der Waals surface area contributed by atoms with E-state index in [0.717, 1.165) is 24.8 Å². The number of aryl methyl sites for hydroxylation is 1. The predicted molar refractivity (Wildman–Crippen MR) is 86.5 cm³/mol. The van der Waals surface area contributed by atoms with E-state index in [1.165, 1.54) is 0 Å². The largest absolute Gasteiger partial charge is 0.354 e. The minimum atomic E-state index is -0.115. The third-order valence-electron chi connectivity index (χ3n) is 4.18. The first kappa shape index (κ1) is 16.5. The lowest BCUT2D eigenvalue weighted by Crippen LogP contribution is -2.36. The van der Waals surface area contributed by atoms with E-state index in [9.17, 15) is 9.59 Å². The highest BCUT2D eigenvalue weighted by Gasteiger charge is 2.25. The average molecular weight is 303 g/mol. The molecule has 1 aromatic carbocycles. The number of amides is 2. The minimum absolute atomic E-state index is 0.0205. The first-order chi connectivity index (χ1) is 10.6. The number of hydrogen-bond acceptors (Lipinski definition) is 3. The van der Waals surface area contributed by atoms with Gasteiger partial charge in [-0.3, -0.25) is 9.59 Å². The zero-order valence-electron chi connectivity index (χ0n) is 13.1. The summed E-state index contributed by atoms with van der Waals surface area (Å²) in [5.41, 5.74) is 7.65. The highest BCUT2D eigenvalue weighted by molar-refractivity contribution is 5.94. The van der Waals surface area contributed by atoms with Crippen molar-refractivity contribution >= 4 is 11.8 Å². The molecular formula is C17H25N3O2. The first-order valence-electron chi connectivity index (χ1n) is 7.93. The molecule has 22 heavy (non-hydrogen) atoms. The maximum atomic E-state index is 11.9. The van der Waals surface area contributed by atoms with Crippen LogP contribution in [0.5, 0.6) is 0 Å². The topological polar surface area (TPSA) is 84.2 Å². The van der Waals surface area contributed by atoms with Gasteiger partial charge in [-0.25, -0.2) is 0 Å². The minimum Gasteiger partial charge on any atom is -0.354 e. The number of carbonyl (C=O) groups excluding carboxylic acids is 2. The van der Waals surface area contributed by atoms with Crippen molar-refractivity contribution in [3.8, 4) is 0 Å². The van der Waals surface area contributed by atoms with E-state index < -0.39 is 0 Å². The summed E-state index contributed by atoms with van der Waals surface area (Å²) >= 11 is 0. The van der Waals surface area contributed by atoms with Crippen LogP contribution in [0.1, 0.15) is 41.6 Å². The van der Waals surface area contributed by atoms with Crippen LogP contribution in [-0.4, -0.2) is 30.9 Å². The number of carbonyl (C=O) groups is 2. The van der Waals surface area contributed by atoms with Crippen molar-refractivity contribution in [2.75, 3.05) is 13.1 Å². The van der Waals surface area contributed by atoms with E-state index in [1.807, 2.05) is 25.1 Å². The zero-order chi connectivity index (χ0) is 15.9. The van der Waals surface area contributed by atoms with Gasteiger partial charge in [0.05, 0.1) is 0 Å². The van der Waals surface area contributed by atoms with Crippen molar-refractivity contribution in [2.24, 2.45) is 11.7 Å². The molecule has 0 aromatic heterocycles. The maximum absolute atomic E-state index is 11.9. The van der Waals surface area contributed by atoms with Gasteiger partial charge >= 0.3 is 0 Å². The lowest BCUT2D eigenvalue weighted by Gasteiger charge is -2.14. The van der Waals surface area contributed by atoms with E-state index >= 15 is 0 Å². The van der Waals surface area contributed by atoms with Crippen LogP contribution in [0, 0.1) is 12.8 Å². The molecule has 1 aliphatic carbocycles. The Morgan fingerprint density at radius 1 is 1.23 bits per heavy atom. The van der Waals surface area contributed by atoms with Crippen molar-refractivity contribution in [1.82, 2.24) is 10.6 Å². The summed E-state index contributed by atoms with van der Waals surface area (Å²) in [6, 6.07) is 7.59.